The largest absolute Gasteiger partial charge is 0.465 e. The van der Waals surface area contributed by atoms with Gasteiger partial charge in [0, 0.05) is 4.47 Å². The molecule has 90 valence electrons. The zero-order valence-electron chi connectivity index (χ0n) is 9.20. The minimum atomic E-state index is -0.285. The van der Waals surface area contributed by atoms with Crippen LogP contribution in [0.15, 0.2) is 22.7 Å². The van der Waals surface area contributed by atoms with Crippen LogP contribution in [0.4, 0.5) is 0 Å². The molecule has 0 spiro atoms. The molecule has 0 atom stereocenters. The van der Waals surface area contributed by atoms with Crippen LogP contribution in [-0.2, 0) is 16.1 Å². The minimum absolute atomic E-state index is 0.133. The maximum Gasteiger partial charge on any atom is 0.326 e. The number of imidazole rings is 1. The van der Waals surface area contributed by atoms with Gasteiger partial charge in [0.2, 0.25) is 0 Å². The molecule has 0 radical (unpaired) electrons. The number of ether oxygens (including phenoxy) is 1. The van der Waals surface area contributed by atoms with Gasteiger partial charge in [-0.3, -0.25) is 4.79 Å². The van der Waals surface area contributed by atoms with Crippen molar-refractivity contribution in [1.29, 1.82) is 0 Å². The molecule has 2 aromatic rings. The lowest BCUT2D eigenvalue weighted by atomic mass is 10.3. The van der Waals surface area contributed by atoms with Crippen LogP contribution < -0.4 is 0 Å². The molecule has 1 heterocycles. The Labute approximate surface area is 112 Å². The van der Waals surface area contributed by atoms with Crippen LogP contribution >= 0.6 is 28.1 Å². The van der Waals surface area contributed by atoms with E-state index in [4.69, 9.17) is 17.0 Å². The Morgan fingerprint density at radius 1 is 1.59 bits per heavy atom. The van der Waals surface area contributed by atoms with Crippen LogP contribution in [-0.4, -0.2) is 22.1 Å². The van der Waals surface area contributed by atoms with Crippen LogP contribution in [0, 0.1) is 4.77 Å². The second kappa shape index (κ2) is 5.01. The lowest BCUT2D eigenvalue weighted by Crippen LogP contribution is -2.13. The molecular weight excluding hydrogens is 304 g/mol. The van der Waals surface area contributed by atoms with E-state index in [0.29, 0.717) is 11.4 Å². The summed E-state index contributed by atoms with van der Waals surface area (Å²) in [7, 11) is 0. The van der Waals surface area contributed by atoms with E-state index in [1.165, 1.54) is 0 Å². The first-order valence-electron chi connectivity index (χ1n) is 5.15. The molecule has 0 saturated heterocycles. The van der Waals surface area contributed by atoms with E-state index in [9.17, 15) is 4.79 Å². The van der Waals surface area contributed by atoms with E-state index in [2.05, 4.69) is 20.9 Å². The number of carbonyl (C=O) groups is 1. The van der Waals surface area contributed by atoms with Crippen LogP contribution in [0.2, 0.25) is 0 Å². The van der Waals surface area contributed by atoms with Crippen molar-refractivity contribution in [2.45, 2.75) is 13.5 Å². The first-order chi connectivity index (χ1) is 8.11. The third-order valence-corrected chi connectivity index (χ3v) is 3.14. The van der Waals surface area contributed by atoms with Crippen molar-refractivity contribution in [2.24, 2.45) is 0 Å². The van der Waals surface area contributed by atoms with Crippen LogP contribution in [0.5, 0.6) is 0 Å². The number of hydrogen-bond donors (Lipinski definition) is 1. The number of fused-ring (bicyclic) bond motifs is 1. The summed E-state index contributed by atoms with van der Waals surface area (Å²) >= 11 is 8.57. The summed E-state index contributed by atoms with van der Waals surface area (Å²) in [5.41, 5.74) is 1.79. The number of halogens is 1. The number of aromatic nitrogens is 2. The Kier molecular flexibility index (Phi) is 3.63. The van der Waals surface area contributed by atoms with E-state index >= 15 is 0 Å². The maximum absolute atomic E-state index is 11.5. The number of nitrogens with one attached hydrogen (secondary N) is 1. The Balaban J connectivity index is 2.43. The van der Waals surface area contributed by atoms with Crippen molar-refractivity contribution < 1.29 is 9.53 Å². The van der Waals surface area contributed by atoms with E-state index < -0.39 is 0 Å². The highest BCUT2D eigenvalue weighted by Crippen LogP contribution is 2.19. The summed E-state index contributed by atoms with van der Waals surface area (Å²) in [6.07, 6.45) is 0. The van der Waals surface area contributed by atoms with Crippen LogP contribution in [0.1, 0.15) is 6.92 Å². The number of H-pyrrole nitrogens is 1. The Bertz CT molecular complexity index is 617. The van der Waals surface area contributed by atoms with E-state index in [1.807, 2.05) is 18.2 Å². The van der Waals surface area contributed by atoms with E-state index in [-0.39, 0.29) is 12.5 Å². The van der Waals surface area contributed by atoms with Gasteiger partial charge in [-0.05, 0) is 37.3 Å². The second-order valence-corrected chi connectivity index (χ2v) is 4.79. The summed E-state index contributed by atoms with van der Waals surface area (Å²) in [4.78, 5) is 14.5. The van der Waals surface area contributed by atoms with Gasteiger partial charge in [0.1, 0.15) is 6.54 Å². The van der Waals surface area contributed by atoms with Gasteiger partial charge >= 0.3 is 5.97 Å². The molecule has 0 aliphatic carbocycles. The average molecular weight is 315 g/mol. The van der Waals surface area contributed by atoms with Crippen LogP contribution in [0.25, 0.3) is 11.0 Å². The van der Waals surface area contributed by atoms with Gasteiger partial charge in [-0.15, -0.1) is 0 Å². The molecule has 0 saturated carbocycles. The number of hydrogen-bond acceptors (Lipinski definition) is 3. The molecule has 4 nitrogen and oxygen atoms in total. The lowest BCUT2D eigenvalue weighted by Gasteiger charge is -2.04. The number of benzene rings is 1. The Morgan fingerprint density at radius 2 is 2.35 bits per heavy atom. The number of carbonyl (C=O) groups excluding carboxylic acids is 1. The van der Waals surface area contributed by atoms with Crippen molar-refractivity contribution in [3.63, 3.8) is 0 Å². The predicted molar refractivity (Wildman–Crippen MR) is 71.5 cm³/mol. The fourth-order valence-electron chi connectivity index (χ4n) is 1.63. The fourth-order valence-corrected chi connectivity index (χ4v) is 2.26. The molecule has 0 aliphatic rings. The molecule has 17 heavy (non-hydrogen) atoms. The summed E-state index contributed by atoms with van der Waals surface area (Å²) in [6, 6.07) is 5.74. The topological polar surface area (TPSA) is 47.0 Å². The van der Waals surface area contributed by atoms with Crippen molar-refractivity contribution in [3.05, 3.63) is 27.4 Å². The average Bonchev–Trinajstić information content (AvgIpc) is 2.55. The highest BCUT2D eigenvalue weighted by Gasteiger charge is 2.09. The molecular formula is C11H11BrN2O2S. The number of rotatable bonds is 3. The molecule has 6 heteroatoms. The summed E-state index contributed by atoms with van der Waals surface area (Å²) < 4.78 is 8.13. The monoisotopic (exact) mass is 314 g/mol. The minimum Gasteiger partial charge on any atom is -0.465 e. The Morgan fingerprint density at radius 3 is 3.06 bits per heavy atom. The number of aromatic amines is 1. The molecule has 0 bridgehead atoms. The SMILES string of the molecule is CCOC(=O)Cn1c(=S)[nH]c2cc(Br)ccc21. The molecule has 1 N–H and O–H groups in total. The van der Waals surface area contributed by atoms with E-state index in [1.54, 1.807) is 11.5 Å². The second-order valence-electron chi connectivity index (χ2n) is 3.48. The standard InChI is InChI=1S/C11H11BrN2O2S/c1-2-16-10(15)6-14-9-4-3-7(12)5-8(9)13-11(14)17/h3-5H,2,6H2,1H3,(H,13,17). The van der Waals surface area contributed by atoms with Gasteiger partial charge in [0.05, 0.1) is 17.6 Å². The van der Waals surface area contributed by atoms with Crippen molar-refractivity contribution in [1.82, 2.24) is 9.55 Å². The maximum atomic E-state index is 11.5. The van der Waals surface area contributed by atoms with Crippen molar-refractivity contribution in [3.8, 4) is 0 Å². The van der Waals surface area contributed by atoms with Crippen LogP contribution in [0.3, 0.4) is 0 Å². The van der Waals surface area contributed by atoms with Gasteiger partial charge in [-0.25, -0.2) is 0 Å². The quantitative estimate of drug-likeness (QED) is 0.699. The smallest absolute Gasteiger partial charge is 0.326 e. The highest BCUT2D eigenvalue weighted by molar-refractivity contribution is 9.10. The summed E-state index contributed by atoms with van der Waals surface area (Å²) in [5.74, 6) is -0.285. The van der Waals surface area contributed by atoms with Crippen molar-refractivity contribution >= 4 is 45.2 Å². The first kappa shape index (κ1) is 12.3. The Hall–Kier alpha value is -1.14. The molecule has 1 aromatic heterocycles. The third kappa shape index (κ3) is 2.58. The van der Waals surface area contributed by atoms with Gasteiger partial charge in [-0.2, -0.15) is 0 Å². The molecule has 0 unspecified atom stereocenters. The van der Waals surface area contributed by atoms with Crippen molar-refractivity contribution in [2.75, 3.05) is 6.61 Å². The highest BCUT2D eigenvalue weighted by atomic mass is 79.9. The van der Waals surface area contributed by atoms with Gasteiger partial charge < -0.3 is 14.3 Å². The third-order valence-electron chi connectivity index (χ3n) is 2.33. The zero-order chi connectivity index (χ0) is 12.4. The predicted octanol–water partition coefficient (Wildman–Crippen LogP) is 3.02. The number of nitrogens with zero attached hydrogens (tertiary/aromatic N) is 1. The van der Waals surface area contributed by atoms with Gasteiger partial charge in [0.15, 0.2) is 4.77 Å². The molecule has 0 fully saturated rings. The molecule has 2 rings (SSSR count). The molecule has 0 aliphatic heterocycles. The number of esters is 1. The first-order valence-corrected chi connectivity index (χ1v) is 6.35. The lowest BCUT2D eigenvalue weighted by molar-refractivity contribution is -0.143. The van der Waals surface area contributed by atoms with Gasteiger partial charge in [0.25, 0.3) is 0 Å². The molecule has 1 aromatic carbocycles. The van der Waals surface area contributed by atoms with Gasteiger partial charge in [-0.1, -0.05) is 15.9 Å². The fraction of sp³-hybridized carbons (Fsp3) is 0.273. The molecule has 0 amide bonds. The summed E-state index contributed by atoms with van der Waals surface area (Å²) in [6.45, 7) is 2.29. The zero-order valence-corrected chi connectivity index (χ0v) is 11.6. The van der Waals surface area contributed by atoms with E-state index in [0.717, 1.165) is 15.5 Å². The normalized spacial score (nSPS) is 10.7. The summed E-state index contributed by atoms with van der Waals surface area (Å²) in [5, 5.41) is 0.